The molecule has 1 aliphatic heterocycles. The van der Waals surface area contributed by atoms with E-state index >= 15 is 0 Å². The SMILES string of the molecule is Fc1cc(Cl)ccc1N1CCN(Cc2ccn3c(CC4CC4)nnc3c2C(F)(F)F)CC1. The molecule has 0 radical (unpaired) electrons. The van der Waals surface area contributed by atoms with Crippen LogP contribution >= 0.6 is 11.6 Å². The van der Waals surface area contributed by atoms with Gasteiger partial charge in [0.05, 0.1) is 5.69 Å². The summed E-state index contributed by atoms with van der Waals surface area (Å²) in [6.45, 7) is 2.21. The number of alkyl halides is 3. The van der Waals surface area contributed by atoms with Gasteiger partial charge in [-0.05, 0) is 48.6 Å². The number of halogens is 5. The number of aromatic nitrogens is 3. The second kappa shape index (κ2) is 8.19. The van der Waals surface area contributed by atoms with Crippen LogP contribution in [0.25, 0.3) is 5.65 Å². The molecule has 2 aromatic heterocycles. The molecule has 1 saturated heterocycles. The number of nitrogens with zero attached hydrogens (tertiary/aromatic N) is 5. The van der Waals surface area contributed by atoms with Gasteiger partial charge in [-0.1, -0.05) is 11.6 Å². The second-order valence-corrected chi connectivity index (χ2v) is 8.97. The molecule has 0 atom stereocenters. The molecule has 2 fully saturated rings. The largest absolute Gasteiger partial charge is 0.420 e. The zero-order valence-corrected chi connectivity index (χ0v) is 18.0. The van der Waals surface area contributed by atoms with Crippen molar-refractivity contribution in [1.29, 1.82) is 0 Å². The first-order valence-electron chi connectivity index (χ1n) is 10.6. The molecular weight excluding hydrogens is 446 g/mol. The van der Waals surface area contributed by atoms with Gasteiger partial charge in [-0.25, -0.2) is 4.39 Å². The molecule has 2 aliphatic rings. The van der Waals surface area contributed by atoms with E-state index in [0.29, 0.717) is 55.1 Å². The van der Waals surface area contributed by atoms with E-state index in [1.54, 1.807) is 18.3 Å². The van der Waals surface area contributed by atoms with Crippen molar-refractivity contribution in [2.75, 3.05) is 31.1 Å². The minimum atomic E-state index is -4.53. The summed E-state index contributed by atoms with van der Waals surface area (Å²) in [5, 5.41) is 8.27. The molecule has 5 rings (SSSR count). The van der Waals surface area contributed by atoms with Gasteiger partial charge in [0.25, 0.3) is 0 Å². The molecule has 0 amide bonds. The van der Waals surface area contributed by atoms with Crippen LogP contribution in [0.2, 0.25) is 5.02 Å². The van der Waals surface area contributed by atoms with E-state index in [1.807, 2.05) is 9.80 Å². The van der Waals surface area contributed by atoms with E-state index in [1.165, 1.54) is 16.5 Å². The van der Waals surface area contributed by atoms with Gasteiger partial charge in [0.2, 0.25) is 0 Å². The highest BCUT2D eigenvalue weighted by atomic mass is 35.5. The van der Waals surface area contributed by atoms with Crippen LogP contribution in [0.3, 0.4) is 0 Å². The van der Waals surface area contributed by atoms with Crippen molar-refractivity contribution in [3.8, 4) is 0 Å². The van der Waals surface area contributed by atoms with Crippen molar-refractivity contribution in [3.63, 3.8) is 0 Å². The van der Waals surface area contributed by atoms with Crippen molar-refractivity contribution in [3.05, 3.63) is 58.3 Å². The molecule has 170 valence electrons. The van der Waals surface area contributed by atoms with E-state index in [4.69, 9.17) is 11.6 Å². The molecule has 1 saturated carbocycles. The summed E-state index contributed by atoms with van der Waals surface area (Å²) in [5.74, 6) is 0.681. The smallest absolute Gasteiger partial charge is 0.367 e. The highest BCUT2D eigenvalue weighted by molar-refractivity contribution is 6.30. The van der Waals surface area contributed by atoms with E-state index < -0.39 is 17.6 Å². The van der Waals surface area contributed by atoms with Gasteiger partial charge in [-0.15, -0.1) is 10.2 Å². The lowest BCUT2D eigenvalue weighted by molar-refractivity contribution is -0.137. The maximum Gasteiger partial charge on any atom is 0.420 e. The van der Waals surface area contributed by atoms with Crippen molar-refractivity contribution in [2.24, 2.45) is 5.92 Å². The van der Waals surface area contributed by atoms with Crippen LogP contribution < -0.4 is 4.90 Å². The molecule has 1 aromatic carbocycles. The maximum absolute atomic E-state index is 14.2. The quantitative estimate of drug-likeness (QED) is 0.504. The van der Waals surface area contributed by atoms with Gasteiger partial charge in [0.15, 0.2) is 5.65 Å². The van der Waals surface area contributed by atoms with Gasteiger partial charge in [-0.2, -0.15) is 13.2 Å². The van der Waals surface area contributed by atoms with Gasteiger partial charge < -0.3 is 4.90 Å². The Morgan fingerprint density at radius 3 is 2.44 bits per heavy atom. The van der Waals surface area contributed by atoms with E-state index in [-0.39, 0.29) is 17.8 Å². The number of hydrogen-bond acceptors (Lipinski definition) is 4. The normalized spacial score (nSPS) is 18.0. The summed E-state index contributed by atoms with van der Waals surface area (Å²) >= 11 is 5.82. The summed E-state index contributed by atoms with van der Waals surface area (Å²) in [6, 6.07) is 6.06. The molecule has 5 nitrogen and oxygen atoms in total. The number of hydrogen-bond donors (Lipinski definition) is 0. The Morgan fingerprint density at radius 1 is 1.03 bits per heavy atom. The molecule has 32 heavy (non-hydrogen) atoms. The number of benzene rings is 1. The maximum atomic E-state index is 14.2. The number of piperazine rings is 1. The summed E-state index contributed by atoms with van der Waals surface area (Å²) in [6.07, 6.45) is -0.0516. The molecule has 0 spiro atoms. The Labute approximate surface area is 187 Å². The zero-order valence-electron chi connectivity index (χ0n) is 17.2. The third kappa shape index (κ3) is 4.28. The Morgan fingerprint density at radius 2 is 1.78 bits per heavy atom. The van der Waals surface area contributed by atoms with Gasteiger partial charge in [-0.3, -0.25) is 9.30 Å². The first kappa shape index (κ1) is 21.5. The molecule has 0 bridgehead atoms. The minimum absolute atomic E-state index is 0.132. The van der Waals surface area contributed by atoms with Crippen LogP contribution in [-0.2, 0) is 19.1 Å². The van der Waals surface area contributed by atoms with E-state index in [0.717, 1.165) is 12.8 Å². The van der Waals surface area contributed by atoms with Gasteiger partial charge >= 0.3 is 6.18 Å². The Kier molecular flexibility index (Phi) is 5.49. The minimum Gasteiger partial charge on any atom is -0.367 e. The third-order valence-electron chi connectivity index (χ3n) is 6.20. The highest BCUT2D eigenvalue weighted by Crippen LogP contribution is 2.37. The highest BCUT2D eigenvalue weighted by Gasteiger charge is 2.38. The lowest BCUT2D eigenvalue weighted by Gasteiger charge is -2.36. The van der Waals surface area contributed by atoms with E-state index in [2.05, 4.69) is 10.2 Å². The summed E-state index contributed by atoms with van der Waals surface area (Å²) in [4.78, 5) is 3.84. The first-order valence-corrected chi connectivity index (χ1v) is 11.0. The molecule has 0 unspecified atom stereocenters. The fourth-order valence-electron chi connectivity index (χ4n) is 4.33. The van der Waals surface area contributed by atoms with Crippen LogP contribution in [0.4, 0.5) is 23.2 Å². The van der Waals surface area contributed by atoms with Crippen molar-refractivity contribution in [1.82, 2.24) is 19.5 Å². The Bertz CT molecular complexity index is 1130. The first-order chi connectivity index (χ1) is 15.3. The molecule has 3 aromatic rings. The predicted molar refractivity (Wildman–Crippen MR) is 113 cm³/mol. The lowest BCUT2D eigenvalue weighted by Crippen LogP contribution is -2.46. The lowest BCUT2D eigenvalue weighted by atomic mass is 10.1. The number of pyridine rings is 1. The van der Waals surface area contributed by atoms with Gasteiger partial charge in [0.1, 0.15) is 17.2 Å². The average molecular weight is 468 g/mol. The van der Waals surface area contributed by atoms with Crippen LogP contribution in [0.15, 0.2) is 30.5 Å². The summed E-state index contributed by atoms with van der Waals surface area (Å²) in [5.41, 5.74) is -0.215. The summed E-state index contributed by atoms with van der Waals surface area (Å²) in [7, 11) is 0. The van der Waals surface area contributed by atoms with Gasteiger partial charge in [0, 0.05) is 50.4 Å². The van der Waals surface area contributed by atoms with Crippen molar-refractivity contribution in [2.45, 2.75) is 32.0 Å². The number of fused-ring (bicyclic) bond motifs is 1. The van der Waals surface area contributed by atoms with Crippen molar-refractivity contribution < 1.29 is 17.6 Å². The van der Waals surface area contributed by atoms with Crippen molar-refractivity contribution >= 4 is 22.9 Å². The fraction of sp³-hybridized carbons (Fsp3) is 0.455. The molecular formula is C22H22ClF4N5. The molecule has 10 heteroatoms. The van der Waals surface area contributed by atoms with E-state index in [9.17, 15) is 17.6 Å². The third-order valence-corrected chi connectivity index (χ3v) is 6.44. The zero-order chi connectivity index (χ0) is 22.5. The standard InChI is InChI=1S/C22H22ClF4N5/c23-16-3-4-18(17(24)12-16)31-9-7-30(8-10-31)13-15-5-6-32-19(11-14-1-2-14)28-29-21(32)20(15)22(25,26)27/h3-6,12,14H,1-2,7-11,13H2. The Balaban J connectivity index is 1.35. The monoisotopic (exact) mass is 467 g/mol. The van der Waals surface area contributed by atoms with Crippen LogP contribution in [-0.4, -0.2) is 45.7 Å². The molecule has 1 aliphatic carbocycles. The fourth-order valence-corrected chi connectivity index (χ4v) is 4.49. The molecule has 3 heterocycles. The number of rotatable bonds is 5. The Hall–Kier alpha value is -2.39. The number of anilines is 1. The molecule has 0 N–H and O–H groups in total. The topological polar surface area (TPSA) is 36.7 Å². The average Bonchev–Trinajstić information content (AvgIpc) is 3.46. The van der Waals surface area contributed by atoms with Crippen LogP contribution in [0.5, 0.6) is 0 Å². The predicted octanol–water partition coefficient (Wildman–Crippen LogP) is 4.82. The van der Waals surface area contributed by atoms with Crippen LogP contribution in [0, 0.1) is 11.7 Å². The summed E-state index contributed by atoms with van der Waals surface area (Å²) < 4.78 is 57.7. The van der Waals surface area contributed by atoms with Crippen LogP contribution in [0.1, 0.15) is 29.8 Å². The second-order valence-electron chi connectivity index (χ2n) is 8.53.